The number of carbonyl (C=O) groups excluding carboxylic acids is 1. The van der Waals surface area contributed by atoms with Gasteiger partial charge in [0.25, 0.3) is 6.47 Å². The Balaban J connectivity index is 2.53. The second kappa shape index (κ2) is 5.54. The van der Waals surface area contributed by atoms with Crippen LogP contribution in [0, 0.1) is 0 Å². The Morgan fingerprint density at radius 3 is 3.00 bits per heavy atom. The van der Waals surface area contributed by atoms with Crippen LogP contribution in [0.1, 0.15) is 5.56 Å². The fraction of sp³-hybridized carbons (Fsp3) is 0.100. The van der Waals surface area contributed by atoms with E-state index in [4.69, 9.17) is 0 Å². The van der Waals surface area contributed by atoms with Gasteiger partial charge < -0.3 is 4.74 Å². The molecule has 0 amide bonds. The molecule has 0 unspecified atom stereocenters. The highest BCUT2D eigenvalue weighted by atomic mass is 79.9. The number of hydrogen-bond donors (Lipinski definition) is 0. The fourth-order valence-corrected chi connectivity index (χ4v) is 1.31. The topological polar surface area (TPSA) is 26.3 Å². The Hall–Kier alpha value is -1.09. The molecule has 0 heterocycles. The standard InChI is InChI=1S/C10H9BrO2/c11-10-5-1-3-9(7-10)4-2-6-13-8-12/h1-5,7-8H,6H2/b4-2+. The van der Waals surface area contributed by atoms with Crippen molar-refractivity contribution in [3.63, 3.8) is 0 Å². The summed E-state index contributed by atoms with van der Waals surface area (Å²) in [6.07, 6.45) is 3.68. The first-order valence-corrected chi connectivity index (χ1v) is 4.59. The minimum absolute atomic E-state index is 0.315. The van der Waals surface area contributed by atoms with E-state index < -0.39 is 0 Å². The van der Waals surface area contributed by atoms with Crippen molar-refractivity contribution in [3.05, 3.63) is 40.4 Å². The summed E-state index contributed by atoms with van der Waals surface area (Å²) in [6, 6.07) is 7.86. The Labute approximate surface area is 85.3 Å². The van der Waals surface area contributed by atoms with Gasteiger partial charge in [0.1, 0.15) is 6.61 Å². The second-order valence-corrected chi connectivity index (χ2v) is 3.30. The van der Waals surface area contributed by atoms with Crippen molar-refractivity contribution in [2.24, 2.45) is 0 Å². The van der Waals surface area contributed by atoms with Crippen LogP contribution in [0.15, 0.2) is 34.8 Å². The zero-order valence-corrected chi connectivity index (χ0v) is 8.53. The molecule has 0 N–H and O–H groups in total. The largest absolute Gasteiger partial charge is 0.464 e. The van der Waals surface area contributed by atoms with Crippen LogP contribution in [0.2, 0.25) is 0 Å². The molecule has 0 saturated carbocycles. The van der Waals surface area contributed by atoms with E-state index >= 15 is 0 Å². The molecule has 13 heavy (non-hydrogen) atoms. The average Bonchev–Trinajstić information content (AvgIpc) is 2.13. The maximum absolute atomic E-state index is 9.81. The molecule has 1 aromatic rings. The van der Waals surface area contributed by atoms with Crippen molar-refractivity contribution in [1.29, 1.82) is 0 Å². The summed E-state index contributed by atoms with van der Waals surface area (Å²) < 4.78 is 5.54. The maximum atomic E-state index is 9.81. The van der Waals surface area contributed by atoms with E-state index in [-0.39, 0.29) is 0 Å². The summed E-state index contributed by atoms with van der Waals surface area (Å²) in [4.78, 5) is 9.81. The van der Waals surface area contributed by atoms with Crippen LogP contribution in [-0.2, 0) is 9.53 Å². The highest BCUT2D eigenvalue weighted by Gasteiger charge is 1.87. The first-order valence-electron chi connectivity index (χ1n) is 3.80. The molecule has 0 radical (unpaired) electrons. The van der Waals surface area contributed by atoms with Crippen LogP contribution in [0.3, 0.4) is 0 Å². The molecule has 0 aliphatic heterocycles. The van der Waals surface area contributed by atoms with Crippen LogP contribution in [0.4, 0.5) is 0 Å². The second-order valence-electron chi connectivity index (χ2n) is 2.39. The number of carbonyl (C=O) groups is 1. The summed E-state index contributed by atoms with van der Waals surface area (Å²) in [5, 5.41) is 0. The van der Waals surface area contributed by atoms with Crippen LogP contribution >= 0.6 is 15.9 Å². The first kappa shape index (κ1) is 9.99. The number of benzene rings is 1. The van der Waals surface area contributed by atoms with Crippen molar-refractivity contribution in [2.75, 3.05) is 6.61 Å². The predicted octanol–water partition coefficient (Wildman–Crippen LogP) is 2.64. The monoisotopic (exact) mass is 240 g/mol. The van der Waals surface area contributed by atoms with Crippen molar-refractivity contribution in [2.45, 2.75) is 0 Å². The zero-order valence-electron chi connectivity index (χ0n) is 6.94. The minimum atomic E-state index is 0.315. The van der Waals surface area contributed by atoms with Crippen molar-refractivity contribution < 1.29 is 9.53 Å². The summed E-state index contributed by atoms with van der Waals surface area (Å²) >= 11 is 3.36. The van der Waals surface area contributed by atoms with Crippen molar-refractivity contribution >= 4 is 28.5 Å². The average molecular weight is 241 g/mol. The molecule has 1 aromatic carbocycles. The maximum Gasteiger partial charge on any atom is 0.293 e. The molecule has 0 aromatic heterocycles. The molecular weight excluding hydrogens is 232 g/mol. The Morgan fingerprint density at radius 1 is 1.46 bits per heavy atom. The lowest BCUT2D eigenvalue weighted by Gasteiger charge is -1.94. The molecule has 0 aliphatic carbocycles. The molecule has 68 valence electrons. The lowest BCUT2D eigenvalue weighted by Crippen LogP contribution is -1.85. The van der Waals surface area contributed by atoms with Gasteiger partial charge in [0.05, 0.1) is 0 Å². The summed E-state index contributed by atoms with van der Waals surface area (Å²) in [5.41, 5.74) is 1.07. The Morgan fingerprint density at radius 2 is 2.31 bits per heavy atom. The minimum Gasteiger partial charge on any atom is -0.464 e. The molecule has 0 spiro atoms. The van der Waals surface area contributed by atoms with Gasteiger partial charge in [-0.3, -0.25) is 4.79 Å². The molecule has 3 heteroatoms. The summed E-state index contributed by atoms with van der Waals surface area (Å²) in [6.45, 7) is 0.751. The summed E-state index contributed by atoms with van der Waals surface area (Å²) in [7, 11) is 0. The number of halogens is 1. The van der Waals surface area contributed by atoms with Gasteiger partial charge in [-0.15, -0.1) is 0 Å². The van der Waals surface area contributed by atoms with Crippen molar-refractivity contribution in [3.8, 4) is 0 Å². The van der Waals surface area contributed by atoms with Crippen LogP contribution in [0.5, 0.6) is 0 Å². The molecule has 0 aliphatic rings. The van der Waals surface area contributed by atoms with Gasteiger partial charge in [-0.05, 0) is 23.8 Å². The van der Waals surface area contributed by atoms with Gasteiger partial charge in [-0.1, -0.05) is 34.1 Å². The molecule has 0 saturated heterocycles. The van der Waals surface area contributed by atoms with Gasteiger partial charge >= 0.3 is 0 Å². The van der Waals surface area contributed by atoms with Gasteiger partial charge in [-0.2, -0.15) is 0 Å². The fourth-order valence-electron chi connectivity index (χ4n) is 0.889. The Kier molecular flexibility index (Phi) is 4.26. The van der Waals surface area contributed by atoms with Gasteiger partial charge in [0.2, 0.25) is 0 Å². The van der Waals surface area contributed by atoms with E-state index in [0.717, 1.165) is 10.0 Å². The van der Waals surface area contributed by atoms with E-state index in [0.29, 0.717) is 13.1 Å². The third-order valence-electron chi connectivity index (χ3n) is 1.42. The highest BCUT2D eigenvalue weighted by Crippen LogP contribution is 2.12. The number of rotatable bonds is 4. The third kappa shape index (κ3) is 3.90. The van der Waals surface area contributed by atoms with Crippen LogP contribution in [0.25, 0.3) is 6.08 Å². The van der Waals surface area contributed by atoms with E-state index in [1.165, 1.54) is 0 Å². The molecular formula is C10H9BrO2. The number of hydrogen-bond acceptors (Lipinski definition) is 2. The molecule has 0 atom stereocenters. The third-order valence-corrected chi connectivity index (χ3v) is 1.91. The SMILES string of the molecule is O=COC/C=C/c1cccc(Br)c1. The lowest BCUT2D eigenvalue weighted by atomic mass is 10.2. The predicted molar refractivity (Wildman–Crippen MR) is 55.2 cm³/mol. The van der Waals surface area contributed by atoms with Crippen LogP contribution in [-0.4, -0.2) is 13.1 Å². The lowest BCUT2D eigenvalue weighted by molar-refractivity contribution is -0.127. The van der Waals surface area contributed by atoms with Gasteiger partial charge in [-0.25, -0.2) is 0 Å². The normalized spacial score (nSPS) is 10.2. The van der Waals surface area contributed by atoms with Gasteiger partial charge in [0, 0.05) is 4.47 Å². The van der Waals surface area contributed by atoms with E-state index in [1.807, 2.05) is 30.3 Å². The van der Waals surface area contributed by atoms with Crippen molar-refractivity contribution in [1.82, 2.24) is 0 Å². The van der Waals surface area contributed by atoms with E-state index in [2.05, 4.69) is 20.7 Å². The highest BCUT2D eigenvalue weighted by molar-refractivity contribution is 9.10. The molecule has 0 fully saturated rings. The molecule has 1 rings (SSSR count). The van der Waals surface area contributed by atoms with E-state index in [9.17, 15) is 4.79 Å². The van der Waals surface area contributed by atoms with E-state index in [1.54, 1.807) is 6.08 Å². The van der Waals surface area contributed by atoms with Gasteiger partial charge in [0.15, 0.2) is 0 Å². The summed E-state index contributed by atoms with van der Waals surface area (Å²) in [5.74, 6) is 0. The van der Waals surface area contributed by atoms with Crippen LogP contribution < -0.4 is 0 Å². The quantitative estimate of drug-likeness (QED) is 0.598. The Bertz CT molecular complexity index is 308. The molecule has 2 nitrogen and oxygen atoms in total. The zero-order chi connectivity index (χ0) is 9.52. The smallest absolute Gasteiger partial charge is 0.293 e. The first-order chi connectivity index (χ1) is 6.33. The number of ether oxygens (including phenoxy) is 1. The molecule has 0 bridgehead atoms.